The van der Waals surface area contributed by atoms with Gasteiger partial charge in [0.05, 0.1) is 34.0 Å². The molecule has 0 amide bonds. The first-order valence-electron chi connectivity index (χ1n) is 29.0. The average molecular weight is 1100 g/mol. The van der Waals surface area contributed by atoms with Crippen LogP contribution in [0.5, 0.6) is 0 Å². The van der Waals surface area contributed by atoms with E-state index < -0.39 is 0 Å². The molecule has 6 nitrogen and oxygen atoms in total. The van der Waals surface area contributed by atoms with Crippen LogP contribution < -0.4 is 0 Å². The van der Waals surface area contributed by atoms with Crippen LogP contribution in [0, 0.1) is 0 Å². The van der Waals surface area contributed by atoms with E-state index in [-0.39, 0.29) is 0 Å². The van der Waals surface area contributed by atoms with Crippen molar-refractivity contribution >= 4 is 54.0 Å². The van der Waals surface area contributed by atoms with Gasteiger partial charge in [0.1, 0.15) is 0 Å². The molecule has 16 aromatic rings. The van der Waals surface area contributed by atoms with Gasteiger partial charge >= 0.3 is 0 Å². The molecule has 0 fully saturated rings. The van der Waals surface area contributed by atoms with Crippen LogP contribution in [0.1, 0.15) is 0 Å². The fraction of sp³-hybridized carbons (Fsp3) is 0. The van der Waals surface area contributed by atoms with E-state index in [9.17, 15) is 0 Å². The van der Waals surface area contributed by atoms with Crippen molar-refractivity contribution in [2.24, 2.45) is 0 Å². The highest BCUT2D eigenvalue weighted by atomic mass is 14.9. The maximum Gasteiger partial charge on any atom is 0.160 e. The molecular formula is C80H50N6. The van der Waals surface area contributed by atoms with Gasteiger partial charge < -0.3 is 0 Å². The topological polar surface area (TPSA) is 77.3 Å². The minimum atomic E-state index is 0.591. The van der Waals surface area contributed by atoms with Crippen LogP contribution in [0.15, 0.2) is 303 Å². The Labute approximate surface area is 497 Å². The van der Waals surface area contributed by atoms with E-state index in [0.29, 0.717) is 17.5 Å². The van der Waals surface area contributed by atoms with Gasteiger partial charge in [0.25, 0.3) is 0 Å². The van der Waals surface area contributed by atoms with Crippen LogP contribution in [0.4, 0.5) is 0 Å². The molecule has 0 spiro atoms. The first kappa shape index (κ1) is 50.2. The molecule has 3 aromatic heterocycles. The van der Waals surface area contributed by atoms with E-state index in [1.807, 2.05) is 72.8 Å². The molecule has 400 valence electrons. The summed E-state index contributed by atoms with van der Waals surface area (Å²) in [5, 5.41) is 10.4. The summed E-state index contributed by atoms with van der Waals surface area (Å²) in [5.41, 5.74) is 17.0. The van der Waals surface area contributed by atoms with E-state index in [2.05, 4.69) is 231 Å². The van der Waals surface area contributed by atoms with Gasteiger partial charge in [0, 0.05) is 55.5 Å². The Kier molecular flexibility index (Phi) is 12.4. The maximum atomic E-state index is 5.73. The summed E-state index contributed by atoms with van der Waals surface area (Å²) >= 11 is 0. The Morgan fingerprint density at radius 3 is 0.942 bits per heavy atom. The zero-order valence-corrected chi connectivity index (χ0v) is 46.6. The van der Waals surface area contributed by atoms with E-state index in [1.165, 1.54) is 32.3 Å². The monoisotopic (exact) mass is 1090 g/mol. The van der Waals surface area contributed by atoms with Crippen molar-refractivity contribution in [3.05, 3.63) is 303 Å². The Morgan fingerprint density at radius 1 is 0.174 bits per heavy atom. The molecule has 0 saturated heterocycles. The molecule has 13 aromatic carbocycles. The number of hydrogen-bond donors (Lipinski definition) is 0. The lowest BCUT2D eigenvalue weighted by Gasteiger charge is -2.18. The lowest BCUT2D eigenvalue weighted by molar-refractivity contribution is 1.18. The number of nitrogens with zero attached hydrogens (tertiary/aromatic N) is 6. The largest absolute Gasteiger partial charge is 0.228 e. The lowest BCUT2D eigenvalue weighted by Crippen LogP contribution is -1.99. The molecule has 0 atom stereocenters. The second kappa shape index (κ2) is 21.3. The minimum absolute atomic E-state index is 0.591. The summed E-state index contributed by atoms with van der Waals surface area (Å²) in [6, 6.07) is 107. The summed E-state index contributed by atoms with van der Waals surface area (Å²) in [7, 11) is 0. The molecule has 3 heterocycles. The van der Waals surface area contributed by atoms with Crippen LogP contribution in [-0.2, 0) is 0 Å². The van der Waals surface area contributed by atoms with E-state index in [4.69, 9.17) is 29.9 Å². The molecule has 16 rings (SSSR count). The summed E-state index contributed by atoms with van der Waals surface area (Å²) in [4.78, 5) is 32.2. The van der Waals surface area contributed by atoms with Crippen molar-refractivity contribution in [1.82, 2.24) is 29.9 Å². The number of rotatable bonds is 10. The van der Waals surface area contributed by atoms with Crippen LogP contribution in [-0.4, -0.2) is 29.9 Å². The summed E-state index contributed by atoms with van der Waals surface area (Å²) in [6.07, 6.45) is 0. The van der Waals surface area contributed by atoms with Crippen LogP contribution in [0.2, 0.25) is 0 Å². The van der Waals surface area contributed by atoms with Crippen molar-refractivity contribution in [2.75, 3.05) is 0 Å². The summed E-state index contributed by atoms with van der Waals surface area (Å²) < 4.78 is 0. The third-order valence-corrected chi connectivity index (χ3v) is 16.5. The predicted molar refractivity (Wildman–Crippen MR) is 355 cm³/mol. The van der Waals surface area contributed by atoms with Gasteiger partial charge in [-0.05, 0) is 96.2 Å². The van der Waals surface area contributed by atoms with Gasteiger partial charge in [0.2, 0.25) is 0 Å². The van der Waals surface area contributed by atoms with Crippen LogP contribution >= 0.6 is 0 Å². The molecule has 0 aliphatic heterocycles. The SMILES string of the molecule is c1ccc(-c2cc(-c3ccccc3)nc(-c3ccc(-c4nc(-c5ccc(-c6nc(-c7ccccc7)cc(-c7ccccc7)n6)cc5)c5cc(-c6cc7ccccc7c7ccccc67)cc(-c6cc7ccccc7c7ccccc67)c5n4)cc3)n2)cc1. The molecule has 86 heavy (non-hydrogen) atoms. The van der Waals surface area contributed by atoms with Crippen LogP contribution in [0.25, 0.3) is 167 Å². The zero-order chi connectivity index (χ0) is 56.9. The fourth-order valence-corrected chi connectivity index (χ4v) is 12.2. The molecule has 0 aliphatic rings. The number of hydrogen-bond acceptors (Lipinski definition) is 6. The minimum Gasteiger partial charge on any atom is -0.228 e. The highest BCUT2D eigenvalue weighted by molar-refractivity contribution is 6.19. The fourth-order valence-electron chi connectivity index (χ4n) is 12.2. The van der Waals surface area contributed by atoms with Crippen LogP contribution in [0.3, 0.4) is 0 Å². The van der Waals surface area contributed by atoms with Crippen molar-refractivity contribution in [3.8, 4) is 113 Å². The van der Waals surface area contributed by atoms with Crippen molar-refractivity contribution < 1.29 is 0 Å². The Bertz CT molecular complexity index is 5130. The van der Waals surface area contributed by atoms with Gasteiger partial charge in [-0.1, -0.05) is 267 Å². The third kappa shape index (κ3) is 9.19. The number of fused-ring (bicyclic) bond motifs is 7. The quantitative estimate of drug-likeness (QED) is 0.127. The number of aromatic nitrogens is 6. The van der Waals surface area contributed by atoms with Gasteiger partial charge in [-0.3, -0.25) is 0 Å². The van der Waals surface area contributed by atoms with Crippen molar-refractivity contribution in [1.29, 1.82) is 0 Å². The van der Waals surface area contributed by atoms with Gasteiger partial charge in [-0.25, -0.2) is 29.9 Å². The first-order valence-corrected chi connectivity index (χ1v) is 29.0. The standard InChI is InChI=1S/C80H50N6/c1-5-21-51(22-6-1)72-49-73(52-23-7-2-8-24-52)82-78(81-72)56-39-37-55(38-40-56)76-71-48-61(68-45-59-29-13-15-31-62(59)64-33-17-19-35-66(64)68)47-70(69-46-60-30-14-16-32-63(60)65-34-18-20-36-67(65)69)77(71)86-80(85-76)58-43-41-57(42-44-58)79-83-74(53-25-9-3-10-26-53)50-75(84-79)54-27-11-4-12-28-54/h1-50H. The van der Waals surface area contributed by atoms with Gasteiger partial charge in [0.15, 0.2) is 17.5 Å². The molecule has 0 unspecified atom stereocenters. The molecule has 0 aliphatic carbocycles. The Morgan fingerprint density at radius 2 is 0.512 bits per heavy atom. The van der Waals surface area contributed by atoms with Gasteiger partial charge in [-0.15, -0.1) is 0 Å². The van der Waals surface area contributed by atoms with Crippen molar-refractivity contribution in [2.45, 2.75) is 0 Å². The highest BCUT2D eigenvalue weighted by Gasteiger charge is 2.22. The average Bonchev–Trinajstić information content (AvgIpc) is 1.99. The van der Waals surface area contributed by atoms with E-state index in [0.717, 1.165) is 117 Å². The Hall–Kier alpha value is -11.6. The van der Waals surface area contributed by atoms with Crippen molar-refractivity contribution in [3.63, 3.8) is 0 Å². The molecule has 0 N–H and O–H groups in total. The maximum absolute atomic E-state index is 5.73. The molecule has 0 radical (unpaired) electrons. The summed E-state index contributed by atoms with van der Waals surface area (Å²) in [6.45, 7) is 0. The second-order valence-corrected chi connectivity index (χ2v) is 21.7. The van der Waals surface area contributed by atoms with E-state index >= 15 is 0 Å². The normalized spacial score (nSPS) is 11.5. The third-order valence-electron chi connectivity index (χ3n) is 16.5. The zero-order valence-electron chi connectivity index (χ0n) is 46.6. The highest BCUT2D eigenvalue weighted by Crippen LogP contribution is 2.45. The molecular weight excluding hydrogens is 1040 g/mol. The molecule has 0 bridgehead atoms. The molecule has 0 saturated carbocycles. The number of benzene rings is 13. The lowest BCUT2D eigenvalue weighted by atomic mass is 9.87. The first-order chi connectivity index (χ1) is 42.6. The van der Waals surface area contributed by atoms with Gasteiger partial charge in [-0.2, -0.15) is 0 Å². The second-order valence-electron chi connectivity index (χ2n) is 21.7. The smallest absolute Gasteiger partial charge is 0.160 e. The predicted octanol–water partition coefficient (Wildman–Crippen LogP) is 20.5. The van der Waals surface area contributed by atoms with E-state index in [1.54, 1.807) is 0 Å². The Balaban J connectivity index is 0.933. The summed E-state index contributed by atoms with van der Waals surface area (Å²) in [5.74, 6) is 1.86. The molecule has 6 heteroatoms.